The van der Waals surface area contributed by atoms with Crippen LogP contribution in [0.4, 0.5) is 13.2 Å². The van der Waals surface area contributed by atoms with Gasteiger partial charge in [0.05, 0.1) is 0 Å². The lowest BCUT2D eigenvalue weighted by atomic mass is 10.3. The van der Waals surface area contributed by atoms with E-state index in [4.69, 9.17) is 0 Å². The van der Waals surface area contributed by atoms with Crippen LogP contribution in [0.15, 0.2) is 30.3 Å². The first-order valence-corrected chi connectivity index (χ1v) is 8.06. The molecule has 114 valence electrons. The summed E-state index contributed by atoms with van der Waals surface area (Å²) in [5.41, 5.74) is 0. The second kappa shape index (κ2) is 5.97. The summed E-state index contributed by atoms with van der Waals surface area (Å²) >= 11 is 0. The van der Waals surface area contributed by atoms with Crippen molar-refractivity contribution in [3.8, 4) is 5.75 Å². The van der Waals surface area contributed by atoms with E-state index in [0.717, 1.165) is 0 Å². The summed E-state index contributed by atoms with van der Waals surface area (Å²) in [6.45, 7) is -2.10. The minimum atomic E-state index is -4.93. The molecule has 0 aliphatic heterocycles. The van der Waals surface area contributed by atoms with Gasteiger partial charge in [-0.1, -0.05) is 18.2 Å². The van der Waals surface area contributed by atoms with Crippen LogP contribution in [0.5, 0.6) is 5.75 Å². The summed E-state index contributed by atoms with van der Waals surface area (Å²) in [7, 11) is -9.57. The SMILES string of the molecule is O=S(=O)(CS(=O)(=O)Oc1ccccc1)OCC(F)(F)F. The zero-order valence-electron chi connectivity index (χ0n) is 9.70. The van der Waals surface area contributed by atoms with Crippen molar-refractivity contribution in [2.45, 2.75) is 6.18 Å². The molecule has 0 heterocycles. The van der Waals surface area contributed by atoms with Gasteiger partial charge in [-0.15, -0.1) is 0 Å². The van der Waals surface area contributed by atoms with E-state index in [1.54, 1.807) is 6.07 Å². The van der Waals surface area contributed by atoms with Gasteiger partial charge in [-0.05, 0) is 12.1 Å². The average Bonchev–Trinajstić information content (AvgIpc) is 2.25. The molecule has 0 amide bonds. The fourth-order valence-corrected chi connectivity index (χ4v) is 3.61. The van der Waals surface area contributed by atoms with Gasteiger partial charge < -0.3 is 4.18 Å². The molecule has 0 spiro atoms. The molecule has 0 N–H and O–H groups in total. The third-order valence-corrected chi connectivity index (χ3v) is 4.89. The third-order valence-electron chi connectivity index (χ3n) is 1.66. The number of halogens is 3. The first kappa shape index (κ1) is 16.7. The van der Waals surface area contributed by atoms with Gasteiger partial charge in [0, 0.05) is 0 Å². The molecule has 0 unspecified atom stereocenters. The molecule has 0 bridgehead atoms. The fraction of sp³-hybridized carbons (Fsp3) is 0.333. The molecule has 0 saturated heterocycles. The maximum absolute atomic E-state index is 11.8. The van der Waals surface area contributed by atoms with E-state index < -0.39 is 38.1 Å². The largest absolute Gasteiger partial charge is 0.413 e. The lowest BCUT2D eigenvalue weighted by molar-refractivity contribution is -0.152. The molecule has 0 aliphatic carbocycles. The van der Waals surface area contributed by atoms with Gasteiger partial charge >= 0.3 is 16.3 Å². The molecule has 1 aromatic carbocycles. The molecule has 0 aromatic heterocycles. The Morgan fingerprint density at radius 2 is 1.50 bits per heavy atom. The van der Waals surface area contributed by atoms with Crippen molar-refractivity contribution < 1.29 is 38.4 Å². The van der Waals surface area contributed by atoms with Crippen LogP contribution < -0.4 is 4.18 Å². The molecule has 0 saturated carbocycles. The molecule has 0 fully saturated rings. The number of hydrogen-bond acceptors (Lipinski definition) is 6. The fourth-order valence-electron chi connectivity index (χ4n) is 1.01. The van der Waals surface area contributed by atoms with E-state index in [1.165, 1.54) is 24.3 Å². The van der Waals surface area contributed by atoms with Crippen molar-refractivity contribution in [3.05, 3.63) is 30.3 Å². The molecule has 20 heavy (non-hydrogen) atoms. The monoisotopic (exact) mass is 334 g/mol. The van der Waals surface area contributed by atoms with E-state index in [1.807, 2.05) is 0 Å². The van der Waals surface area contributed by atoms with Crippen LogP contribution in [0.3, 0.4) is 0 Å². The lowest BCUT2D eigenvalue weighted by Crippen LogP contribution is -2.27. The summed E-state index contributed by atoms with van der Waals surface area (Å²) < 4.78 is 88.3. The van der Waals surface area contributed by atoms with E-state index >= 15 is 0 Å². The maximum Gasteiger partial charge on any atom is 0.413 e. The predicted octanol–water partition coefficient (Wildman–Crippen LogP) is 1.26. The van der Waals surface area contributed by atoms with Gasteiger partial charge in [0.25, 0.3) is 10.1 Å². The molecular formula is C9H9F3O6S2. The average molecular weight is 334 g/mol. The lowest BCUT2D eigenvalue weighted by Gasteiger charge is -2.09. The van der Waals surface area contributed by atoms with Crippen LogP contribution in [-0.2, 0) is 24.4 Å². The van der Waals surface area contributed by atoms with Crippen molar-refractivity contribution >= 4 is 20.2 Å². The summed E-state index contributed by atoms with van der Waals surface area (Å²) in [6.07, 6.45) is -4.89. The molecule has 6 nitrogen and oxygen atoms in total. The van der Waals surface area contributed by atoms with Crippen molar-refractivity contribution in [3.63, 3.8) is 0 Å². The van der Waals surface area contributed by atoms with Crippen molar-refractivity contribution in [1.29, 1.82) is 0 Å². The molecule has 0 radical (unpaired) electrons. The van der Waals surface area contributed by atoms with Gasteiger partial charge in [0.2, 0.25) is 5.08 Å². The maximum atomic E-state index is 11.8. The van der Waals surface area contributed by atoms with Crippen LogP contribution >= 0.6 is 0 Å². The molecule has 0 aliphatic rings. The Labute approximate surface area is 113 Å². The number of alkyl halides is 3. The minimum absolute atomic E-state index is 0.168. The van der Waals surface area contributed by atoms with Gasteiger partial charge in [-0.25, -0.2) is 0 Å². The second-order valence-electron chi connectivity index (χ2n) is 3.51. The number of rotatable bonds is 6. The highest BCUT2D eigenvalue weighted by Gasteiger charge is 2.33. The minimum Gasteiger partial charge on any atom is -0.382 e. The van der Waals surface area contributed by atoms with Crippen molar-refractivity contribution in [2.75, 3.05) is 11.7 Å². The summed E-state index contributed by atoms with van der Waals surface area (Å²) in [5.74, 6) is -0.168. The van der Waals surface area contributed by atoms with Crippen LogP contribution in [0.1, 0.15) is 0 Å². The quantitative estimate of drug-likeness (QED) is 0.728. The van der Waals surface area contributed by atoms with E-state index in [0.29, 0.717) is 0 Å². The zero-order valence-corrected chi connectivity index (χ0v) is 11.3. The second-order valence-corrected chi connectivity index (χ2v) is 7.08. The van der Waals surface area contributed by atoms with Crippen LogP contribution in [0, 0.1) is 0 Å². The number of hydrogen-bond donors (Lipinski definition) is 0. The number of benzene rings is 1. The van der Waals surface area contributed by atoms with Crippen LogP contribution in [-0.4, -0.2) is 34.7 Å². The van der Waals surface area contributed by atoms with Gasteiger partial charge in [0.15, 0.2) is 6.61 Å². The van der Waals surface area contributed by atoms with E-state index in [-0.39, 0.29) is 5.75 Å². The molecule has 11 heteroatoms. The highest BCUT2D eigenvalue weighted by Crippen LogP contribution is 2.17. The smallest absolute Gasteiger partial charge is 0.382 e. The Hall–Kier alpha value is -1.33. The Balaban J connectivity index is 2.71. The van der Waals surface area contributed by atoms with Crippen molar-refractivity contribution in [1.82, 2.24) is 0 Å². The summed E-state index contributed by atoms with van der Waals surface area (Å²) in [6, 6.07) is 6.89. The first-order valence-electron chi connectivity index (χ1n) is 4.90. The Bertz CT molecular complexity index is 636. The third kappa shape index (κ3) is 6.73. The van der Waals surface area contributed by atoms with Crippen LogP contribution in [0.2, 0.25) is 0 Å². The Kier molecular flexibility index (Phi) is 5.00. The van der Waals surface area contributed by atoms with Crippen LogP contribution in [0.25, 0.3) is 0 Å². The Morgan fingerprint density at radius 3 is 2.00 bits per heavy atom. The molecule has 1 aromatic rings. The molecule has 1 rings (SSSR count). The highest BCUT2D eigenvalue weighted by atomic mass is 32.3. The molecular weight excluding hydrogens is 325 g/mol. The van der Waals surface area contributed by atoms with Crippen molar-refractivity contribution in [2.24, 2.45) is 0 Å². The number of para-hydroxylation sites is 1. The van der Waals surface area contributed by atoms with Gasteiger partial charge in [-0.2, -0.15) is 30.0 Å². The highest BCUT2D eigenvalue weighted by molar-refractivity contribution is 8.03. The van der Waals surface area contributed by atoms with E-state index in [9.17, 15) is 30.0 Å². The first-order chi connectivity index (χ1) is 8.99. The van der Waals surface area contributed by atoms with E-state index in [2.05, 4.69) is 8.37 Å². The Morgan fingerprint density at radius 1 is 0.950 bits per heavy atom. The normalized spacial score (nSPS) is 13.2. The van der Waals surface area contributed by atoms with Gasteiger partial charge in [-0.3, -0.25) is 4.18 Å². The standard InChI is InChI=1S/C9H9F3O6S2/c10-9(11,12)6-17-19(13,14)7-20(15,16)18-8-4-2-1-3-5-8/h1-5H,6-7H2. The van der Waals surface area contributed by atoms with Gasteiger partial charge in [0.1, 0.15) is 5.75 Å². The summed E-state index contributed by atoms with van der Waals surface area (Å²) in [5, 5.41) is -1.72. The summed E-state index contributed by atoms with van der Waals surface area (Å²) in [4.78, 5) is 0. The zero-order chi connectivity index (χ0) is 15.4. The molecule has 0 atom stereocenters. The predicted molar refractivity (Wildman–Crippen MR) is 61.8 cm³/mol. The topological polar surface area (TPSA) is 86.7 Å².